The molecule has 134 valence electrons. The van der Waals surface area contributed by atoms with Gasteiger partial charge in [0.25, 0.3) is 0 Å². The Balaban J connectivity index is 2.07. The first-order chi connectivity index (χ1) is 11.0. The fraction of sp³-hybridized carbons (Fsp3) is 0.688. The number of hydrogen-bond acceptors (Lipinski definition) is 4. The van der Waals surface area contributed by atoms with Gasteiger partial charge in [0.15, 0.2) is 5.82 Å². The number of H-pyrrole nitrogens is 1. The van der Waals surface area contributed by atoms with Crippen molar-refractivity contribution in [3.8, 4) is 0 Å². The molecular weight excluding hydrogens is 332 g/mol. The first-order valence-corrected chi connectivity index (χ1v) is 8.48. The highest BCUT2D eigenvalue weighted by molar-refractivity contribution is 6.20. The van der Waals surface area contributed by atoms with Crippen molar-refractivity contribution in [2.75, 3.05) is 17.7 Å². The molecule has 1 aliphatic heterocycles. The number of halogens is 1. The van der Waals surface area contributed by atoms with Crippen LogP contribution in [0.1, 0.15) is 45.9 Å². The topological polar surface area (TPSA) is 87.3 Å². The third kappa shape index (κ3) is 4.20. The van der Waals surface area contributed by atoms with Crippen LogP contribution >= 0.6 is 11.6 Å². The number of carbonyl (C=O) groups excluding carboxylic acids is 2. The lowest BCUT2D eigenvalue weighted by atomic mass is 9.95. The van der Waals surface area contributed by atoms with Crippen molar-refractivity contribution in [2.24, 2.45) is 5.41 Å². The summed E-state index contributed by atoms with van der Waals surface area (Å²) in [5.74, 6) is 0.552. The number of aromatic nitrogens is 2. The Labute approximate surface area is 147 Å². The van der Waals surface area contributed by atoms with Gasteiger partial charge < -0.3 is 15.0 Å². The molecule has 2 rings (SSSR count). The van der Waals surface area contributed by atoms with E-state index >= 15 is 0 Å². The van der Waals surface area contributed by atoms with Crippen LogP contribution in [0.2, 0.25) is 0 Å². The summed E-state index contributed by atoms with van der Waals surface area (Å²) in [5.41, 5.74) is 0.530. The second-order valence-corrected chi connectivity index (χ2v) is 7.92. The van der Waals surface area contributed by atoms with Crippen molar-refractivity contribution in [1.29, 1.82) is 0 Å². The van der Waals surface area contributed by atoms with Gasteiger partial charge in [0.2, 0.25) is 5.91 Å². The van der Waals surface area contributed by atoms with Crippen LogP contribution in [0.15, 0.2) is 0 Å². The van der Waals surface area contributed by atoms with E-state index in [-0.39, 0.29) is 17.9 Å². The molecule has 8 heteroatoms. The Morgan fingerprint density at radius 3 is 2.58 bits per heavy atom. The number of anilines is 1. The summed E-state index contributed by atoms with van der Waals surface area (Å²) >= 11 is 5.83. The Bertz CT molecular complexity index is 634. The highest BCUT2D eigenvalue weighted by atomic mass is 35.5. The van der Waals surface area contributed by atoms with E-state index in [0.717, 1.165) is 11.3 Å². The van der Waals surface area contributed by atoms with Gasteiger partial charge in [0.1, 0.15) is 5.60 Å². The molecular formula is C16H25ClN4O3. The molecule has 0 saturated carbocycles. The predicted octanol–water partition coefficient (Wildman–Crippen LogP) is 2.91. The van der Waals surface area contributed by atoms with Crippen molar-refractivity contribution in [3.63, 3.8) is 0 Å². The molecule has 0 aliphatic carbocycles. The average Bonchev–Trinajstić information content (AvgIpc) is 2.87. The van der Waals surface area contributed by atoms with Gasteiger partial charge >= 0.3 is 6.09 Å². The Hall–Kier alpha value is -1.76. The van der Waals surface area contributed by atoms with Crippen molar-refractivity contribution in [3.05, 3.63) is 11.3 Å². The average molecular weight is 357 g/mol. The molecule has 0 spiro atoms. The third-order valence-electron chi connectivity index (χ3n) is 3.77. The first kappa shape index (κ1) is 18.6. The maximum absolute atomic E-state index is 12.2. The van der Waals surface area contributed by atoms with E-state index in [4.69, 9.17) is 16.3 Å². The van der Waals surface area contributed by atoms with Crippen LogP contribution in [0.4, 0.5) is 10.6 Å². The lowest BCUT2D eigenvalue weighted by molar-refractivity contribution is -0.123. The molecule has 1 aromatic heterocycles. The first-order valence-electron chi connectivity index (χ1n) is 7.95. The number of fused-ring (bicyclic) bond motifs is 1. The maximum Gasteiger partial charge on any atom is 0.410 e. The number of ether oxygens (including phenoxy) is 1. The number of nitrogens with one attached hydrogen (secondary N) is 2. The summed E-state index contributed by atoms with van der Waals surface area (Å²) in [5, 5.41) is 9.90. The van der Waals surface area contributed by atoms with Crippen LogP contribution < -0.4 is 5.32 Å². The summed E-state index contributed by atoms with van der Waals surface area (Å²) in [4.78, 5) is 26.0. The molecule has 24 heavy (non-hydrogen) atoms. The van der Waals surface area contributed by atoms with Gasteiger partial charge in [-0.3, -0.25) is 9.89 Å². The van der Waals surface area contributed by atoms with Gasteiger partial charge in [0, 0.05) is 18.0 Å². The van der Waals surface area contributed by atoms with E-state index in [1.807, 2.05) is 20.8 Å². The molecule has 0 radical (unpaired) electrons. The Morgan fingerprint density at radius 2 is 2.00 bits per heavy atom. The maximum atomic E-state index is 12.2. The molecule has 0 fully saturated rings. The van der Waals surface area contributed by atoms with Crippen molar-refractivity contribution < 1.29 is 14.3 Å². The minimum atomic E-state index is -0.676. The normalized spacial score (nSPS) is 15.0. The molecule has 0 atom stereocenters. The van der Waals surface area contributed by atoms with E-state index in [1.54, 1.807) is 18.7 Å². The van der Waals surface area contributed by atoms with E-state index in [0.29, 0.717) is 25.3 Å². The Morgan fingerprint density at radius 1 is 1.33 bits per heavy atom. The van der Waals surface area contributed by atoms with Gasteiger partial charge in [-0.05, 0) is 41.0 Å². The number of amides is 2. The van der Waals surface area contributed by atoms with Crippen molar-refractivity contribution in [2.45, 2.75) is 53.2 Å². The number of aromatic amines is 1. The highest BCUT2D eigenvalue weighted by Crippen LogP contribution is 2.27. The monoisotopic (exact) mass is 356 g/mol. The molecule has 2 N–H and O–H groups in total. The number of rotatable bonds is 3. The predicted molar refractivity (Wildman–Crippen MR) is 92.1 cm³/mol. The minimum absolute atomic E-state index is 0.179. The SMILES string of the molecule is CC(C)(C)OC(=O)N1CCc2c(NC(=O)C(C)(C)CCl)n[nH]c2C1. The van der Waals surface area contributed by atoms with Crippen molar-refractivity contribution in [1.82, 2.24) is 15.1 Å². The summed E-state index contributed by atoms with van der Waals surface area (Å²) in [7, 11) is 0. The number of nitrogens with zero attached hydrogens (tertiary/aromatic N) is 2. The Kier molecular flexibility index (Phi) is 5.13. The second kappa shape index (κ2) is 6.63. The van der Waals surface area contributed by atoms with Crippen molar-refractivity contribution >= 4 is 29.4 Å². The standard InChI is InChI=1S/C16H25ClN4O3/c1-15(2,3)24-14(23)21-7-6-10-11(8-21)19-20-12(10)18-13(22)16(4,5)9-17/h6-9H2,1-5H3,(H2,18,19,20,22). The van der Waals surface area contributed by atoms with Crippen LogP contribution in [0, 0.1) is 5.41 Å². The van der Waals surface area contributed by atoms with Gasteiger partial charge in [-0.25, -0.2) is 4.79 Å². The van der Waals surface area contributed by atoms with Crippen LogP contribution in [0.5, 0.6) is 0 Å². The van der Waals surface area contributed by atoms with Crippen LogP contribution in [-0.4, -0.2) is 45.1 Å². The smallest absolute Gasteiger partial charge is 0.410 e. The second-order valence-electron chi connectivity index (χ2n) is 7.65. The number of alkyl halides is 1. The zero-order valence-corrected chi connectivity index (χ0v) is 15.6. The number of carbonyl (C=O) groups is 2. The van der Waals surface area contributed by atoms with Crippen LogP contribution in [0.25, 0.3) is 0 Å². The largest absolute Gasteiger partial charge is 0.444 e. The molecule has 0 unspecified atom stereocenters. The molecule has 7 nitrogen and oxygen atoms in total. The highest BCUT2D eigenvalue weighted by Gasteiger charge is 2.31. The molecule has 1 aliphatic rings. The molecule has 0 bridgehead atoms. The third-order valence-corrected chi connectivity index (χ3v) is 4.43. The molecule has 2 amide bonds. The van der Waals surface area contributed by atoms with E-state index in [1.165, 1.54) is 0 Å². The molecule has 0 aromatic carbocycles. The molecule has 0 saturated heterocycles. The summed E-state index contributed by atoms with van der Waals surface area (Å²) in [6.45, 7) is 9.96. The minimum Gasteiger partial charge on any atom is -0.444 e. The zero-order chi connectivity index (χ0) is 18.1. The molecule has 2 heterocycles. The quantitative estimate of drug-likeness (QED) is 0.815. The molecule has 1 aromatic rings. The summed E-state index contributed by atoms with van der Waals surface area (Å²) in [6, 6.07) is 0. The van der Waals surface area contributed by atoms with Gasteiger partial charge in [-0.1, -0.05) is 0 Å². The van der Waals surface area contributed by atoms with Gasteiger partial charge in [-0.15, -0.1) is 11.6 Å². The van der Waals surface area contributed by atoms with Crippen LogP contribution in [-0.2, 0) is 22.5 Å². The number of hydrogen-bond donors (Lipinski definition) is 2. The fourth-order valence-electron chi connectivity index (χ4n) is 2.24. The summed E-state index contributed by atoms with van der Waals surface area (Å²) in [6.07, 6.45) is 0.249. The fourth-order valence-corrected chi connectivity index (χ4v) is 2.36. The van der Waals surface area contributed by atoms with Gasteiger partial charge in [0.05, 0.1) is 17.7 Å². The van der Waals surface area contributed by atoms with E-state index < -0.39 is 11.0 Å². The van der Waals surface area contributed by atoms with Crippen LogP contribution in [0.3, 0.4) is 0 Å². The lowest BCUT2D eigenvalue weighted by Gasteiger charge is -2.30. The summed E-state index contributed by atoms with van der Waals surface area (Å²) < 4.78 is 5.39. The zero-order valence-electron chi connectivity index (χ0n) is 14.8. The van der Waals surface area contributed by atoms with E-state index in [2.05, 4.69) is 15.5 Å². The van der Waals surface area contributed by atoms with Gasteiger partial charge in [-0.2, -0.15) is 5.10 Å². The van der Waals surface area contributed by atoms with E-state index in [9.17, 15) is 9.59 Å². The lowest BCUT2D eigenvalue weighted by Crippen LogP contribution is -2.40.